The van der Waals surface area contributed by atoms with Gasteiger partial charge in [-0.2, -0.15) is 0 Å². The van der Waals surface area contributed by atoms with Gasteiger partial charge in [0.15, 0.2) is 0 Å². The molecule has 0 bridgehead atoms. The molecule has 1 atom stereocenters. The lowest BCUT2D eigenvalue weighted by atomic mass is 9.87. The number of methoxy groups -OCH3 is 1. The third-order valence-electron chi connectivity index (χ3n) is 4.89. The Bertz CT molecular complexity index is 1120. The molecule has 0 fully saturated rings. The second-order valence-electron chi connectivity index (χ2n) is 6.90. The van der Waals surface area contributed by atoms with Gasteiger partial charge in [-0.25, -0.2) is 4.79 Å². The molecule has 0 aliphatic rings. The van der Waals surface area contributed by atoms with Crippen molar-refractivity contribution in [2.45, 2.75) is 25.8 Å². The summed E-state index contributed by atoms with van der Waals surface area (Å²) in [5.74, 6) is -1.35. The number of benzene rings is 1. The number of amides is 1. The van der Waals surface area contributed by atoms with Crippen LogP contribution in [0.4, 0.5) is 0 Å². The van der Waals surface area contributed by atoms with Gasteiger partial charge in [-0.3, -0.25) is 9.59 Å². The van der Waals surface area contributed by atoms with Crippen molar-refractivity contribution in [3.05, 3.63) is 81.7 Å². The summed E-state index contributed by atoms with van der Waals surface area (Å²) in [5.41, 5.74) is -0.319. The number of nitrogens with one attached hydrogen (secondary N) is 2. The maximum Gasteiger partial charge on any atom is 0.343 e. The molecular formula is C23H24N2O7. The van der Waals surface area contributed by atoms with Gasteiger partial charge in [-0.15, -0.1) is 0 Å². The van der Waals surface area contributed by atoms with Gasteiger partial charge in [0.1, 0.15) is 22.8 Å². The molecule has 0 saturated heterocycles. The summed E-state index contributed by atoms with van der Waals surface area (Å²) in [6.07, 6.45) is 2.44. The largest absolute Gasteiger partial charge is 0.506 e. The molecule has 9 heteroatoms. The molecule has 2 heterocycles. The van der Waals surface area contributed by atoms with Crippen molar-refractivity contribution in [3.63, 3.8) is 0 Å². The van der Waals surface area contributed by atoms with Gasteiger partial charge in [0.05, 0.1) is 32.1 Å². The number of carbonyl (C=O) groups excluding carboxylic acids is 2. The summed E-state index contributed by atoms with van der Waals surface area (Å²) in [4.78, 5) is 40.1. The zero-order valence-electron chi connectivity index (χ0n) is 17.7. The lowest BCUT2D eigenvalue weighted by Gasteiger charge is -2.19. The summed E-state index contributed by atoms with van der Waals surface area (Å²) in [7, 11) is 1.52. The lowest BCUT2D eigenvalue weighted by molar-refractivity contribution is -0.121. The van der Waals surface area contributed by atoms with Gasteiger partial charge < -0.3 is 29.3 Å². The van der Waals surface area contributed by atoms with Crippen LogP contribution in [-0.4, -0.2) is 35.7 Å². The van der Waals surface area contributed by atoms with E-state index in [1.54, 1.807) is 43.3 Å². The first-order chi connectivity index (χ1) is 15.4. The van der Waals surface area contributed by atoms with E-state index < -0.39 is 23.2 Å². The zero-order chi connectivity index (χ0) is 23.1. The number of hydrogen-bond donors (Lipinski definition) is 3. The lowest BCUT2D eigenvalue weighted by Crippen LogP contribution is -2.27. The van der Waals surface area contributed by atoms with Gasteiger partial charge in [0, 0.05) is 18.5 Å². The Morgan fingerprint density at radius 3 is 2.59 bits per heavy atom. The van der Waals surface area contributed by atoms with Crippen molar-refractivity contribution in [1.29, 1.82) is 0 Å². The fourth-order valence-corrected chi connectivity index (χ4v) is 3.30. The Kier molecular flexibility index (Phi) is 7.33. The molecule has 0 aliphatic heterocycles. The molecule has 0 saturated carbocycles. The average Bonchev–Trinajstić information content (AvgIpc) is 3.31. The highest BCUT2D eigenvalue weighted by Gasteiger charge is 2.28. The van der Waals surface area contributed by atoms with Crippen molar-refractivity contribution in [1.82, 2.24) is 10.3 Å². The topological polar surface area (TPSA) is 131 Å². The molecule has 3 rings (SSSR count). The van der Waals surface area contributed by atoms with E-state index in [9.17, 15) is 19.5 Å². The number of aromatic hydroxyl groups is 1. The first kappa shape index (κ1) is 22.7. The van der Waals surface area contributed by atoms with Gasteiger partial charge in [0.2, 0.25) is 5.91 Å². The van der Waals surface area contributed by atoms with E-state index in [2.05, 4.69) is 10.3 Å². The third kappa shape index (κ3) is 5.18. The van der Waals surface area contributed by atoms with Crippen molar-refractivity contribution < 1.29 is 28.6 Å². The van der Waals surface area contributed by atoms with E-state index >= 15 is 0 Å². The molecule has 1 unspecified atom stereocenters. The van der Waals surface area contributed by atoms with Gasteiger partial charge in [-0.1, -0.05) is 12.1 Å². The summed E-state index contributed by atoms with van der Waals surface area (Å²) < 4.78 is 15.3. The summed E-state index contributed by atoms with van der Waals surface area (Å²) in [6.45, 7) is 1.90. The zero-order valence-corrected chi connectivity index (χ0v) is 17.7. The molecule has 168 valence electrons. The number of carbonyl (C=O) groups is 2. The number of ether oxygens (including phenoxy) is 2. The van der Waals surface area contributed by atoms with Gasteiger partial charge in [0.25, 0.3) is 5.56 Å². The predicted molar refractivity (Wildman–Crippen MR) is 115 cm³/mol. The van der Waals surface area contributed by atoms with Crippen LogP contribution >= 0.6 is 0 Å². The van der Waals surface area contributed by atoms with Gasteiger partial charge >= 0.3 is 5.97 Å². The molecule has 32 heavy (non-hydrogen) atoms. The number of rotatable bonds is 9. The summed E-state index contributed by atoms with van der Waals surface area (Å²) >= 11 is 0. The minimum atomic E-state index is -0.837. The first-order valence-electron chi connectivity index (χ1n) is 9.99. The summed E-state index contributed by atoms with van der Waals surface area (Å²) in [6, 6.07) is 10.2. The van der Waals surface area contributed by atoms with E-state index in [4.69, 9.17) is 13.9 Å². The molecule has 1 aromatic carbocycles. The van der Waals surface area contributed by atoms with Gasteiger partial charge in [-0.05, 0) is 36.8 Å². The molecule has 2 aromatic heterocycles. The fraction of sp³-hybridized carbons (Fsp3) is 0.261. The highest BCUT2D eigenvalue weighted by molar-refractivity contribution is 5.92. The number of aromatic nitrogens is 1. The maximum atomic E-state index is 12.7. The molecular weight excluding hydrogens is 416 g/mol. The number of esters is 1. The highest BCUT2D eigenvalue weighted by atomic mass is 16.5. The summed E-state index contributed by atoms with van der Waals surface area (Å²) in [5, 5.41) is 13.5. The number of pyridine rings is 1. The molecule has 0 aliphatic carbocycles. The Balaban J connectivity index is 1.98. The van der Waals surface area contributed by atoms with Crippen molar-refractivity contribution in [3.8, 4) is 11.5 Å². The number of aromatic amines is 1. The normalized spacial score (nSPS) is 11.6. The minimum Gasteiger partial charge on any atom is -0.506 e. The standard InChI is InChI=1S/C23H24N2O7/c1-3-31-23(29)18-13-25-22(28)20(21(18)27)17(14-6-8-15(30-2)9-7-14)11-19(26)24-12-16-5-4-10-32-16/h4-10,13,17H,3,11-12H2,1-2H3,(H,24,26)(H2,25,27,28). The van der Waals surface area contributed by atoms with E-state index in [1.165, 1.54) is 13.4 Å². The van der Waals surface area contributed by atoms with Crippen LogP contribution < -0.4 is 15.6 Å². The van der Waals surface area contributed by atoms with Crippen molar-refractivity contribution >= 4 is 11.9 Å². The second kappa shape index (κ2) is 10.3. The van der Waals surface area contributed by atoms with Crippen LogP contribution in [0.1, 0.15) is 46.5 Å². The number of H-pyrrole nitrogens is 1. The SMILES string of the molecule is CCOC(=O)c1c[nH]c(=O)c(C(CC(=O)NCc2ccco2)c2ccc(OC)cc2)c1O. The molecule has 1 amide bonds. The third-order valence-corrected chi connectivity index (χ3v) is 4.89. The van der Waals surface area contributed by atoms with Crippen LogP contribution in [0.25, 0.3) is 0 Å². The van der Waals surface area contributed by atoms with Crippen molar-refractivity contribution in [2.75, 3.05) is 13.7 Å². The van der Waals surface area contributed by atoms with E-state index in [0.29, 0.717) is 17.1 Å². The van der Waals surface area contributed by atoms with Crippen LogP contribution in [0.15, 0.2) is 58.1 Å². The Morgan fingerprint density at radius 1 is 1.22 bits per heavy atom. The van der Waals surface area contributed by atoms with Crippen LogP contribution in [0.2, 0.25) is 0 Å². The van der Waals surface area contributed by atoms with Crippen LogP contribution in [0.5, 0.6) is 11.5 Å². The average molecular weight is 440 g/mol. The molecule has 3 N–H and O–H groups in total. The monoisotopic (exact) mass is 440 g/mol. The Labute approximate surface area is 184 Å². The van der Waals surface area contributed by atoms with E-state index in [0.717, 1.165) is 6.20 Å². The predicted octanol–water partition coefficient (Wildman–Crippen LogP) is 2.70. The molecule has 9 nitrogen and oxygen atoms in total. The quantitative estimate of drug-likeness (QED) is 0.436. The maximum absolute atomic E-state index is 12.7. The van der Waals surface area contributed by atoms with E-state index in [-0.39, 0.29) is 36.6 Å². The van der Waals surface area contributed by atoms with Crippen LogP contribution in [0.3, 0.4) is 0 Å². The van der Waals surface area contributed by atoms with E-state index in [1.807, 2.05) is 0 Å². The Morgan fingerprint density at radius 2 is 1.97 bits per heavy atom. The fourth-order valence-electron chi connectivity index (χ4n) is 3.30. The first-order valence-corrected chi connectivity index (χ1v) is 9.99. The van der Waals surface area contributed by atoms with Crippen LogP contribution in [0, 0.1) is 0 Å². The highest BCUT2D eigenvalue weighted by Crippen LogP contribution is 2.34. The Hall–Kier alpha value is -4.01. The molecule has 0 radical (unpaired) electrons. The molecule has 0 spiro atoms. The number of hydrogen-bond acceptors (Lipinski definition) is 7. The number of furan rings is 1. The minimum absolute atomic E-state index is 0.101. The second-order valence-corrected chi connectivity index (χ2v) is 6.90. The van der Waals surface area contributed by atoms with Crippen molar-refractivity contribution in [2.24, 2.45) is 0 Å². The smallest absolute Gasteiger partial charge is 0.343 e. The molecule has 3 aromatic rings. The van der Waals surface area contributed by atoms with Crippen LogP contribution in [-0.2, 0) is 16.1 Å².